The second kappa shape index (κ2) is 9.27. The smallest absolute Gasteiger partial charge is 0.264 e. The topological polar surface area (TPSA) is 91.0 Å². The summed E-state index contributed by atoms with van der Waals surface area (Å²) >= 11 is 0. The van der Waals surface area contributed by atoms with Gasteiger partial charge in [-0.2, -0.15) is 5.10 Å². The van der Waals surface area contributed by atoms with Gasteiger partial charge in [-0.05, 0) is 32.4 Å². The number of carbonyl (C=O) groups excluding carboxylic acids is 1. The number of nitrogens with one attached hydrogen (secondary N) is 1. The summed E-state index contributed by atoms with van der Waals surface area (Å²) in [6.07, 6.45) is 3.98. The lowest BCUT2D eigenvalue weighted by atomic mass is 10.2. The van der Waals surface area contributed by atoms with Crippen LogP contribution in [0.3, 0.4) is 0 Å². The number of aryl methyl sites for hydroxylation is 2. The lowest BCUT2D eigenvalue weighted by Crippen LogP contribution is -2.28. The van der Waals surface area contributed by atoms with Crippen LogP contribution >= 0.6 is 0 Å². The van der Waals surface area contributed by atoms with Gasteiger partial charge in [0.15, 0.2) is 5.65 Å². The third-order valence-electron chi connectivity index (χ3n) is 4.40. The first-order valence-electron chi connectivity index (χ1n) is 9.45. The van der Waals surface area contributed by atoms with E-state index in [1.807, 2.05) is 38.1 Å². The van der Waals surface area contributed by atoms with Crippen molar-refractivity contribution in [3.05, 3.63) is 52.7 Å². The summed E-state index contributed by atoms with van der Waals surface area (Å²) in [6, 6.07) is 7.84. The molecule has 0 aliphatic carbocycles. The number of fused-ring (bicyclic) bond motifs is 1. The number of aromatic nitrogens is 4. The molecule has 8 heteroatoms. The van der Waals surface area contributed by atoms with Crippen LogP contribution in [0, 0.1) is 6.92 Å². The third kappa shape index (κ3) is 4.64. The lowest BCUT2D eigenvalue weighted by molar-refractivity contribution is -0.121. The molecular formula is C20H25N5O3. The number of nitrogens with zero attached hydrogens (tertiary/aromatic N) is 4. The van der Waals surface area contributed by atoms with Crippen molar-refractivity contribution in [2.45, 2.75) is 33.2 Å². The molecule has 0 unspecified atom stereocenters. The molecule has 1 N–H and O–H groups in total. The molecule has 1 amide bonds. The fourth-order valence-corrected chi connectivity index (χ4v) is 2.84. The standard InChI is InChI=1S/C20H25N5O3/c1-3-28-12-4-10-21-18(26)9-11-24-14-22-19-17(20(24)27)13-23-25(19)16-7-5-15(2)6-8-16/h5-8,13-14H,3-4,9-12H2,1-2H3,(H,21,26). The molecule has 2 aromatic heterocycles. The number of rotatable bonds is 9. The van der Waals surface area contributed by atoms with Gasteiger partial charge in [-0.15, -0.1) is 0 Å². The Hall–Kier alpha value is -3.00. The molecule has 8 nitrogen and oxygen atoms in total. The van der Waals surface area contributed by atoms with Gasteiger partial charge in [-0.1, -0.05) is 17.7 Å². The highest BCUT2D eigenvalue weighted by atomic mass is 16.5. The van der Waals surface area contributed by atoms with Crippen molar-refractivity contribution >= 4 is 16.9 Å². The maximum atomic E-state index is 12.7. The van der Waals surface area contributed by atoms with Crippen LogP contribution < -0.4 is 10.9 Å². The number of carbonyl (C=O) groups is 1. The minimum absolute atomic E-state index is 0.0983. The average molecular weight is 383 g/mol. The molecule has 2 heterocycles. The van der Waals surface area contributed by atoms with Gasteiger partial charge >= 0.3 is 0 Å². The predicted molar refractivity (Wildman–Crippen MR) is 107 cm³/mol. The SMILES string of the molecule is CCOCCCNC(=O)CCn1cnc2c(cnn2-c2ccc(C)cc2)c1=O. The van der Waals surface area contributed by atoms with Crippen molar-refractivity contribution in [1.29, 1.82) is 0 Å². The van der Waals surface area contributed by atoms with E-state index in [4.69, 9.17) is 4.74 Å². The van der Waals surface area contributed by atoms with E-state index >= 15 is 0 Å². The monoisotopic (exact) mass is 383 g/mol. The van der Waals surface area contributed by atoms with Crippen molar-refractivity contribution < 1.29 is 9.53 Å². The Labute approximate surface area is 163 Å². The zero-order chi connectivity index (χ0) is 19.9. The summed E-state index contributed by atoms with van der Waals surface area (Å²) in [6.45, 7) is 6.08. The van der Waals surface area contributed by atoms with E-state index in [0.29, 0.717) is 30.8 Å². The number of hydrogen-bond donors (Lipinski definition) is 1. The first-order valence-corrected chi connectivity index (χ1v) is 9.45. The molecule has 0 fully saturated rings. The van der Waals surface area contributed by atoms with E-state index in [2.05, 4.69) is 15.4 Å². The average Bonchev–Trinajstić information content (AvgIpc) is 3.13. The van der Waals surface area contributed by atoms with Crippen LogP contribution in [-0.2, 0) is 16.1 Å². The molecule has 0 aliphatic rings. The fourth-order valence-electron chi connectivity index (χ4n) is 2.84. The second-order valence-electron chi connectivity index (χ2n) is 6.52. The van der Waals surface area contributed by atoms with E-state index in [1.54, 1.807) is 4.68 Å². The normalized spacial score (nSPS) is 11.1. The van der Waals surface area contributed by atoms with Gasteiger partial charge in [0, 0.05) is 32.7 Å². The Balaban J connectivity index is 1.66. The van der Waals surface area contributed by atoms with Crippen molar-refractivity contribution in [3.63, 3.8) is 0 Å². The Morgan fingerprint density at radius 1 is 1.25 bits per heavy atom. The van der Waals surface area contributed by atoms with E-state index in [9.17, 15) is 9.59 Å². The Bertz CT molecular complexity index is 991. The van der Waals surface area contributed by atoms with Gasteiger partial charge in [0.05, 0.1) is 18.2 Å². The van der Waals surface area contributed by atoms with Gasteiger partial charge in [-0.25, -0.2) is 9.67 Å². The zero-order valence-corrected chi connectivity index (χ0v) is 16.2. The molecule has 0 atom stereocenters. The molecule has 148 valence electrons. The molecule has 1 aromatic carbocycles. The summed E-state index contributed by atoms with van der Waals surface area (Å²) in [5.41, 5.74) is 2.29. The molecular weight excluding hydrogens is 358 g/mol. The Morgan fingerprint density at radius 3 is 2.79 bits per heavy atom. The quantitative estimate of drug-likeness (QED) is 0.569. The minimum atomic E-state index is -0.201. The van der Waals surface area contributed by atoms with Gasteiger partial charge in [-0.3, -0.25) is 14.2 Å². The van der Waals surface area contributed by atoms with Crippen molar-refractivity contribution in [3.8, 4) is 5.69 Å². The fraction of sp³-hybridized carbons (Fsp3) is 0.400. The largest absolute Gasteiger partial charge is 0.382 e. The highest BCUT2D eigenvalue weighted by molar-refractivity contribution is 5.76. The maximum absolute atomic E-state index is 12.7. The van der Waals surface area contributed by atoms with Crippen molar-refractivity contribution in [2.75, 3.05) is 19.8 Å². The highest BCUT2D eigenvalue weighted by Gasteiger charge is 2.12. The summed E-state index contributed by atoms with van der Waals surface area (Å²) < 4.78 is 8.32. The number of hydrogen-bond acceptors (Lipinski definition) is 5. The predicted octanol–water partition coefficient (Wildman–Crippen LogP) is 1.82. The number of benzene rings is 1. The molecule has 28 heavy (non-hydrogen) atoms. The van der Waals surface area contributed by atoms with E-state index in [1.165, 1.54) is 17.1 Å². The van der Waals surface area contributed by atoms with E-state index < -0.39 is 0 Å². The van der Waals surface area contributed by atoms with Crippen LogP contribution in [0.1, 0.15) is 25.3 Å². The molecule has 3 rings (SSSR count). The van der Waals surface area contributed by atoms with Gasteiger partial charge in [0.25, 0.3) is 5.56 Å². The van der Waals surface area contributed by atoms with Crippen LogP contribution in [0.25, 0.3) is 16.7 Å². The Morgan fingerprint density at radius 2 is 2.04 bits per heavy atom. The molecule has 0 saturated carbocycles. The number of ether oxygens (including phenoxy) is 1. The summed E-state index contributed by atoms with van der Waals surface area (Å²) in [4.78, 5) is 29.0. The van der Waals surface area contributed by atoms with Crippen LogP contribution in [0.2, 0.25) is 0 Å². The summed E-state index contributed by atoms with van der Waals surface area (Å²) in [7, 11) is 0. The van der Waals surface area contributed by atoms with Gasteiger partial charge in [0.2, 0.25) is 5.91 Å². The van der Waals surface area contributed by atoms with Crippen molar-refractivity contribution in [1.82, 2.24) is 24.6 Å². The highest BCUT2D eigenvalue weighted by Crippen LogP contribution is 2.14. The molecule has 0 aliphatic heterocycles. The summed E-state index contributed by atoms with van der Waals surface area (Å²) in [5.74, 6) is -0.0983. The lowest BCUT2D eigenvalue weighted by Gasteiger charge is -2.08. The Kier molecular flexibility index (Phi) is 6.54. The van der Waals surface area contributed by atoms with E-state index in [0.717, 1.165) is 17.7 Å². The minimum Gasteiger partial charge on any atom is -0.382 e. The second-order valence-corrected chi connectivity index (χ2v) is 6.52. The number of amides is 1. The molecule has 3 aromatic rings. The van der Waals surface area contributed by atoms with Crippen molar-refractivity contribution in [2.24, 2.45) is 0 Å². The van der Waals surface area contributed by atoms with Gasteiger partial charge in [0.1, 0.15) is 5.39 Å². The van der Waals surface area contributed by atoms with Gasteiger partial charge < -0.3 is 10.1 Å². The van der Waals surface area contributed by atoms with Crippen LogP contribution in [-0.4, -0.2) is 45.0 Å². The maximum Gasteiger partial charge on any atom is 0.264 e. The van der Waals surface area contributed by atoms with Crippen LogP contribution in [0.4, 0.5) is 0 Å². The molecule has 0 saturated heterocycles. The molecule has 0 bridgehead atoms. The summed E-state index contributed by atoms with van der Waals surface area (Å²) in [5, 5.41) is 7.57. The van der Waals surface area contributed by atoms with Crippen LogP contribution in [0.5, 0.6) is 0 Å². The third-order valence-corrected chi connectivity index (χ3v) is 4.40. The first-order chi connectivity index (χ1) is 13.6. The molecule has 0 radical (unpaired) electrons. The van der Waals surface area contributed by atoms with E-state index in [-0.39, 0.29) is 24.4 Å². The molecule has 0 spiro atoms. The van der Waals surface area contributed by atoms with Crippen LogP contribution in [0.15, 0.2) is 41.6 Å². The zero-order valence-electron chi connectivity index (χ0n) is 16.2. The first kappa shape index (κ1) is 19.8.